The summed E-state index contributed by atoms with van der Waals surface area (Å²) in [5.74, 6) is -1.30. The van der Waals surface area contributed by atoms with Gasteiger partial charge in [0.1, 0.15) is 12.6 Å². The van der Waals surface area contributed by atoms with E-state index in [4.69, 9.17) is 4.74 Å². The Labute approximate surface area is 163 Å². The third-order valence-electron chi connectivity index (χ3n) is 5.02. The number of piperidine rings is 1. The molecule has 0 spiro atoms. The lowest BCUT2D eigenvalue weighted by Gasteiger charge is -2.32. The summed E-state index contributed by atoms with van der Waals surface area (Å²) in [6.07, 6.45) is 2.25. The number of carbonyl (C=O) groups is 4. The van der Waals surface area contributed by atoms with E-state index in [0.717, 1.165) is 4.90 Å². The van der Waals surface area contributed by atoms with Crippen molar-refractivity contribution in [3.8, 4) is 0 Å². The number of imide groups is 1. The minimum Gasteiger partial charge on any atom is -0.445 e. The first kappa shape index (κ1) is 19.6. The second-order valence-electron chi connectivity index (χ2n) is 6.84. The van der Waals surface area contributed by atoms with Crippen molar-refractivity contribution in [2.24, 2.45) is 0 Å². The summed E-state index contributed by atoms with van der Waals surface area (Å²) in [5, 5.41) is 2.89. The van der Waals surface area contributed by atoms with Crippen LogP contribution in [0.15, 0.2) is 36.9 Å². The molecule has 4 amide bonds. The molecule has 1 fully saturated rings. The SMILES string of the molecule is C=CCOC(=O)N1CCC(NC(=O)C(C)N2C(=O)c3ccccc3C2=O)CC1. The van der Waals surface area contributed by atoms with Gasteiger partial charge in [-0.05, 0) is 31.9 Å². The highest BCUT2D eigenvalue weighted by Crippen LogP contribution is 2.24. The summed E-state index contributed by atoms with van der Waals surface area (Å²) < 4.78 is 5.01. The van der Waals surface area contributed by atoms with E-state index in [9.17, 15) is 19.2 Å². The van der Waals surface area contributed by atoms with Crippen LogP contribution in [0.2, 0.25) is 0 Å². The summed E-state index contributed by atoms with van der Waals surface area (Å²) in [7, 11) is 0. The molecule has 0 saturated carbocycles. The predicted octanol–water partition coefficient (Wildman–Crippen LogP) is 1.57. The van der Waals surface area contributed by atoms with Crippen molar-refractivity contribution in [1.82, 2.24) is 15.1 Å². The monoisotopic (exact) mass is 385 g/mol. The van der Waals surface area contributed by atoms with E-state index in [0.29, 0.717) is 37.1 Å². The molecule has 0 radical (unpaired) electrons. The van der Waals surface area contributed by atoms with Crippen LogP contribution < -0.4 is 5.32 Å². The average Bonchev–Trinajstić information content (AvgIpc) is 2.96. The predicted molar refractivity (Wildman–Crippen MR) is 101 cm³/mol. The normalized spacial score (nSPS) is 17.9. The van der Waals surface area contributed by atoms with E-state index in [1.165, 1.54) is 6.08 Å². The van der Waals surface area contributed by atoms with Gasteiger partial charge in [0.05, 0.1) is 11.1 Å². The highest BCUT2D eigenvalue weighted by Gasteiger charge is 2.41. The average molecular weight is 385 g/mol. The van der Waals surface area contributed by atoms with Crippen LogP contribution in [0.3, 0.4) is 0 Å². The first-order valence-electron chi connectivity index (χ1n) is 9.24. The summed E-state index contributed by atoms with van der Waals surface area (Å²) in [5.41, 5.74) is 0.636. The first-order chi connectivity index (χ1) is 13.4. The molecule has 28 heavy (non-hydrogen) atoms. The molecule has 8 heteroatoms. The molecule has 2 aliphatic rings. The molecule has 1 aromatic rings. The number of amides is 4. The number of likely N-dealkylation sites (tertiary alicyclic amines) is 1. The van der Waals surface area contributed by atoms with Gasteiger partial charge in [-0.1, -0.05) is 24.8 Å². The molecule has 1 saturated heterocycles. The van der Waals surface area contributed by atoms with Gasteiger partial charge in [-0.3, -0.25) is 19.3 Å². The van der Waals surface area contributed by atoms with Gasteiger partial charge in [-0.25, -0.2) is 4.79 Å². The minimum atomic E-state index is -0.914. The molecule has 0 aliphatic carbocycles. The third-order valence-corrected chi connectivity index (χ3v) is 5.02. The summed E-state index contributed by atoms with van der Waals surface area (Å²) >= 11 is 0. The topological polar surface area (TPSA) is 96.0 Å². The number of hydrogen-bond donors (Lipinski definition) is 1. The molecule has 1 aromatic carbocycles. The molecule has 2 aliphatic heterocycles. The van der Waals surface area contributed by atoms with Gasteiger partial charge in [0.25, 0.3) is 11.8 Å². The summed E-state index contributed by atoms with van der Waals surface area (Å²) in [6, 6.07) is 5.50. The lowest BCUT2D eigenvalue weighted by molar-refractivity contribution is -0.125. The second-order valence-corrected chi connectivity index (χ2v) is 6.84. The van der Waals surface area contributed by atoms with E-state index in [1.807, 2.05) is 0 Å². The fourth-order valence-corrected chi connectivity index (χ4v) is 3.43. The zero-order chi connectivity index (χ0) is 20.3. The van der Waals surface area contributed by atoms with E-state index in [1.54, 1.807) is 36.1 Å². The van der Waals surface area contributed by atoms with Gasteiger partial charge >= 0.3 is 6.09 Å². The standard InChI is InChI=1S/C20H23N3O5/c1-3-12-28-20(27)22-10-8-14(9-11-22)21-17(24)13(2)23-18(25)15-6-4-5-7-16(15)19(23)26/h3-7,13-14H,1,8-12H2,2H3,(H,21,24). The number of carbonyl (C=O) groups excluding carboxylic acids is 4. The van der Waals surface area contributed by atoms with Crippen molar-refractivity contribution in [1.29, 1.82) is 0 Å². The number of hydrogen-bond acceptors (Lipinski definition) is 5. The van der Waals surface area contributed by atoms with E-state index in [-0.39, 0.29) is 18.6 Å². The fraction of sp³-hybridized carbons (Fsp3) is 0.400. The van der Waals surface area contributed by atoms with Crippen LogP contribution in [0.4, 0.5) is 4.79 Å². The molecule has 8 nitrogen and oxygen atoms in total. The molecule has 2 heterocycles. The van der Waals surface area contributed by atoms with Crippen LogP contribution in [-0.2, 0) is 9.53 Å². The Hall–Kier alpha value is -3.16. The number of nitrogens with one attached hydrogen (secondary N) is 1. The fourth-order valence-electron chi connectivity index (χ4n) is 3.43. The van der Waals surface area contributed by atoms with Gasteiger partial charge in [-0.2, -0.15) is 0 Å². The number of ether oxygens (including phenoxy) is 1. The van der Waals surface area contributed by atoms with Gasteiger partial charge in [-0.15, -0.1) is 0 Å². The minimum absolute atomic E-state index is 0.131. The summed E-state index contributed by atoms with van der Waals surface area (Å²) in [6.45, 7) is 6.12. The van der Waals surface area contributed by atoms with Gasteiger partial charge in [0, 0.05) is 19.1 Å². The summed E-state index contributed by atoms with van der Waals surface area (Å²) in [4.78, 5) is 52.1. The van der Waals surface area contributed by atoms with Crippen LogP contribution >= 0.6 is 0 Å². The largest absolute Gasteiger partial charge is 0.445 e. The number of benzene rings is 1. The second kappa shape index (κ2) is 8.24. The molecule has 1 unspecified atom stereocenters. The van der Waals surface area contributed by atoms with E-state index < -0.39 is 23.9 Å². The third kappa shape index (κ3) is 3.76. The first-order valence-corrected chi connectivity index (χ1v) is 9.24. The Kier molecular flexibility index (Phi) is 5.77. The van der Waals surface area contributed by atoms with Crippen LogP contribution in [0, 0.1) is 0 Å². The van der Waals surface area contributed by atoms with Gasteiger partial charge in [0.2, 0.25) is 5.91 Å². The zero-order valence-corrected chi connectivity index (χ0v) is 15.7. The van der Waals surface area contributed by atoms with E-state index in [2.05, 4.69) is 11.9 Å². The maximum Gasteiger partial charge on any atom is 0.410 e. The van der Waals surface area contributed by atoms with Crippen molar-refractivity contribution in [3.63, 3.8) is 0 Å². The van der Waals surface area contributed by atoms with Crippen molar-refractivity contribution in [3.05, 3.63) is 48.0 Å². The molecular formula is C20H23N3O5. The smallest absolute Gasteiger partial charge is 0.410 e. The Bertz CT molecular complexity index is 779. The molecule has 1 N–H and O–H groups in total. The molecule has 3 rings (SSSR count). The van der Waals surface area contributed by atoms with Gasteiger partial charge in [0.15, 0.2) is 0 Å². The maximum absolute atomic E-state index is 12.6. The maximum atomic E-state index is 12.6. The lowest BCUT2D eigenvalue weighted by atomic mass is 10.0. The Morgan fingerprint density at radius 1 is 1.21 bits per heavy atom. The van der Waals surface area contributed by atoms with Gasteiger partial charge < -0.3 is 15.0 Å². The van der Waals surface area contributed by atoms with Crippen LogP contribution in [0.1, 0.15) is 40.5 Å². The molecule has 0 aromatic heterocycles. The molecular weight excluding hydrogens is 362 g/mol. The number of fused-ring (bicyclic) bond motifs is 1. The Morgan fingerprint density at radius 3 is 2.32 bits per heavy atom. The van der Waals surface area contributed by atoms with Crippen LogP contribution in [-0.4, -0.2) is 65.4 Å². The van der Waals surface area contributed by atoms with Crippen LogP contribution in [0.5, 0.6) is 0 Å². The van der Waals surface area contributed by atoms with Crippen molar-refractivity contribution < 1.29 is 23.9 Å². The van der Waals surface area contributed by atoms with E-state index >= 15 is 0 Å². The molecule has 1 atom stereocenters. The lowest BCUT2D eigenvalue weighted by Crippen LogP contribution is -2.53. The number of rotatable bonds is 5. The number of nitrogens with zero attached hydrogens (tertiary/aromatic N) is 2. The van der Waals surface area contributed by atoms with Crippen molar-refractivity contribution >= 4 is 23.8 Å². The van der Waals surface area contributed by atoms with Crippen LogP contribution in [0.25, 0.3) is 0 Å². The Morgan fingerprint density at radius 2 is 1.79 bits per heavy atom. The quantitative estimate of drug-likeness (QED) is 0.613. The molecule has 148 valence electrons. The van der Waals surface area contributed by atoms with Crippen molar-refractivity contribution in [2.45, 2.75) is 31.8 Å². The highest BCUT2D eigenvalue weighted by atomic mass is 16.6. The zero-order valence-electron chi connectivity index (χ0n) is 15.7. The van der Waals surface area contributed by atoms with Crippen molar-refractivity contribution in [2.75, 3.05) is 19.7 Å². The molecule has 0 bridgehead atoms. The Balaban J connectivity index is 1.55. The highest BCUT2D eigenvalue weighted by molar-refractivity contribution is 6.22.